The fourth-order valence-corrected chi connectivity index (χ4v) is 1.51. The van der Waals surface area contributed by atoms with Gasteiger partial charge in [-0.1, -0.05) is 29.4 Å². The number of benzene rings is 1. The van der Waals surface area contributed by atoms with Crippen molar-refractivity contribution < 1.29 is 14.4 Å². The molecule has 1 heterocycles. The Morgan fingerprint density at radius 2 is 2.06 bits per heavy atom. The lowest BCUT2D eigenvalue weighted by molar-refractivity contribution is -0.138. The molecule has 5 heteroatoms. The van der Waals surface area contributed by atoms with Crippen molar-refractivity contribution in [3.05, 3.63) is 42.1 Å². The van der Waals surface area contributed by atoms with Gasteiger partial charge >= 0.3 is 5.97 Å². The molecule has 2 aromatic rings. The number of carboxylic acid groups (broad SMARTS) is 1. The second-order valence-corrected chi connectivity index (χ2v) is 3.72. The lowest BCUT2D eigenvalue weighted by Crippen LogP contribution is -2.32. The van der Waals surface area contributed by atoms with Crippen LogP contribution in [0.2, 0.25) is 0 Å². The van der Waals surface area contributed by atoms with Gasteiger partial charge in [-0.15, -0.1) is 0 Å². The van der Waals surface area contributed by atoms with Crippen LogP contribution in [-0.2, 0) is 11.2 Å². The third kappa shape index (κ3) is 2.70. The highest BCUT2D eigenvalue weighted by Crippen LogP contribution is 2.19. The van der Waals surface area contributed by atoms with Crippen molar-refractivity contribution in [2.75, 3.05) is 0 Å². The van der Waals surface area contributed by atoms with Gasteiger partial charge in [0.1, 0.15) is 6.04 Å². The van der Waals surface area contributed by atoms with Gasteiger partial charge < -0.3 is 15.4 Å². The number of hydrogen-bond donors (Lipinski definition) is 2. The molecule has 1 aromatic carbocycles. The quantitative estimate of drug-likeness (QED) is 0.829. The van der Waals surface area contributed by atoms with E-state index in [1.807, 2.05) is 24.3 Å². The lowest BCUT2D eigenvalue weighted by atomic mass is 10.0. The van der Waals surface area contributed by atoms with Gasteiger partial charge in [0.25, 0.3) is 0 Å². The van der Waals surface area contributed by atoms with Gasteiger partial charge in [-0.2, -0.15) is 0 Å². The number of carboxylic acids is 1. The zero-order valence-electron chi connectivity index (χ0n) is 9.04. The molecule has 88 valence electrons. The lowest BCUT2D eigenvalue weighted by Gasteiger charge is -2.06. The number of aliphatic carboxylic acids is 1. The molecule has 17 heavy (non-hydrogen) atoms. The van der Waals surface area contributed by atoms with Crippen LogP contribution >= 0.6 is 0 Å². The minimum Gasteiger partial charge on any atom is -0.480 e. The molecular formula is C12H12N2O3. The summed E-state index contributed by atoms with van der Waals surface area (Å²) in [6.45, 7) is 0. The molecule has 0 aliphatic carbocycles. The first kappa shape index (κ1) is 11.3. The number of rotatable bonds is 4. The van der Waals surface area contributed by atoms with E-state index < -0.39 is 12.0 Å². The van der Waals surface area contributed by atoms with Crippen LogP contribution in [0.4, 0.5) is 0 Å². The van der Waals surface area contributed by atoms with Crippen molar-refractivity contribution in [2.24, 2.45) is 5.73 Å². The van der Waals surface area contributed by atoms with Crippen molar-refractivity contribution >= 4 is 5.97 Å². The van der Waals surface area contributed by atoms with E-state index >= 15 is 0 Å². The summed E-state index contributed by atoms with van der Waals surface area (Å²) in [4.78, 5) is 10.6. The predicted molar refractivity (Wildman–Crippen MR) is 61.3 cm³/mol. The van der Waals surface area contributed by atoms with Gasteiger partial charge in [0, 0.05) is 11.6 Å². The van der Waals surface area contributed by atoms with E-state index in [2.05, 4.69) is 5.16 Å². The van der Waals surface area contributed by atoms with Crippen LogP contribution in [0.5, 0.6) is 0 Å². The monoisotopic (exact) mass is 232 g/mol. The van der Waals surface area contributed by atoms with E-state index in [1.165, 1.54) is 0 Å². The average Bonchev–Trinajstić information content (AvgIpc) is 2.83. The molecule has 0 fully saturated rings. The van der Waals surface area contributed by atoms with Crippen LogP contribution in [0.1, 0.15) is 5.56 Å². The number of nitrogens with two attached hydrogens (primary N) is 1. The Kier molecular flexibility index (Phi) is 3.20. The van der Waals surface area contributed by atoms with Crippen LogP contribution in [-0.4, -0.2) is 22.3 Å². The zero-order chi connectivity index (χ0) is 12.3. The first-order valence-corrected chi connectivity index (χ1v) is 5.15. The third-order valence-electron chi connectivity index (χ3n) is 2.45. The zero-order valence-corrected chi connectivity index (χ0v) is 9.04. The Morgan fingerprint density at radius 3 is 2.59 bits per heavy atom. The number of aromatic nitrogens is 1. The Bertz CT molecular complexity index is 491. The van der Waals surface area contributed by atoms with Gasteiger partial charge in [0.2, 0.25) is 0 Å². The molecule has 0 amide bonds. The summed E-state index contributed by atoms with van der Waals surface area (Å²) < 4.78 is 5.01. The molecule has 1 atom stereocenters. The second kappa shape index (κ2) is 4.80. The van der Waals surface area contributed by atoms with E-state index in [0.29, 0.717) is 12.2 Å². The third-order valence-corrected chi connectivity index (χ3v) is 2.45. The Balaban J connectivity index is 2.11. The largest absolute Gasteiger partial charge is 0.480 e. The fourth-order valence-electron chi connectivity index (χ4n) is 1.51. The molecule has 1 unspecified atom stereocenters. The number of hydrogen-bond acceptors (Lipinski definition) is 4. The molecule has 0 aliphatic heterocycles. The summed E-state index contributed by atoms with van der Waals surface area (Å²) in [7, 11) is 0. The van der Waals surface area contributed by atoms with Crippen molar-refractivity contribution in [1.82, 2.24) is 5.16 Å². The van der Waals surface area contributed by atoms with Gasteiger partial charge in [0.05, 0.1) is 6.20 Å². The number of carbonyl (C=O) groups is 1. The highest BCUT2D eigenvalue weighted by molar-refractivity contribution is 5.73. The minimum absolute atomic E-state index is 0.312. The standard InChI is InChI=1S/C12H12N2O3/c13-10(12(15)16)7-8-1-3-9(4-2-8)11-5-6-14-17-11/h1-6,10H,7,13H2,(H,15,16). The van der Waals surface area contributed by atoms with Crippen LogP contribution in [0.15, 0.2) is 41.1 Å². The van der Waals surface area contributed by atoms with Gasteiger partial charge in [0.15, 0.2) is 5.76 Å². The molecule has 0 bridgehead atoms. The van der Waals surface area contributed by atoms with Crippen molar-refractivity contribution in [1.29, 1.82) is 0 Å². The summed E-state index contributed by atoms with van der Waals surface area (Å²) in [5.41, 5.74) is 7.23. The summed E-state index contributed by atoms with van der Waals surface area (Å²) >= 11 is 0. The maximum atomic E-state index is 10.6. The van der Waals surface area contributed by atoms with Crippen LogP contribution in [0, 0.1) is 0 Å². The van der Waals surface area contributed by atoms with Crippen LogP contribution in [0.3, 0.4) is 0 Å². The van der Waals surface area contributed by atoms with E-state index in [-0.39, 0.29) is 0 Å². The molecule has 0 spiro atoms. The highest BCUT2D eigenvalue weighted by Gasteiger charge is 2.12. The molecule has 0 aliphatic rings. The maximum absolute atomic E-state index is 10.6. The minimum atomic E-state index is -0.996. The Hall–Kier alpha value is -2.14. The molecule has 0 saturated carbocycles. The normalized spacial score (nSPS) is 12.3. The summed E-state index contributed by atoms with van der Waals surface area (Å²) in [6.07, 6.45) is 1.88. The van der Waals surface area contributed by atoms with Crippen molar-refractivity contribution in [3.8, 4) is 11.3 Å². The van der Waals surface area contributed by atoms with Crippen molar-refractivity contribution in [2.45, 2.75) is 12.5 Å². The van der Waals surface area contributed by atoms with E-state index in [1.54, 1.807) is 12.3 Å². The second-order valence-electron chi connectivity index (χ2n) is 3.72. The first-order chi connectivity index (χ1) is 8.16. The fraction of sp³-hybridized carbons (Fsp3) is 0.167. The molecule has 1 aromatic heterocycles. The summed E-state index contributed by atoms with van der Waals surface area (Å²) in [6, 6.07) is 8.26. The predicted octanol–water partition coefficient (Wildman–Crippen LogP) is 1.30. The molecule has 3 N–H and O–H groups in total. The molecule has 0 radical (unpaired) electrons. The summed E-state index contributed by atoms with van der Waals surface area (Å²) in [5, 5.41) is 12.3. The van der Waals surface area contributed by atoms with Gasteiger partial charge in [-0.05, 0) is 12.0 Å². The van der Waals surface area contributed by atoms with E-state index in [0.717, 1.165) is 11.1 Å². The van der Waals surface area contributed by atoms with Crippen LogP contribution in [0.25, 0.3) is 11.3 Å². The van der Waals surface area contributed by atoms with Gasteiger partial charge in [-0.25, -0.2) is 0 Å². The molecular weight excluding hydrogens is 220 g/mol. The smallest absolute Gasteiger partial charge is 0.320 e. The van der Waals surface area contributed by atoms with Crippen LogP contribution < -0.4 is 5.73 Å². The Labute approximate surface area is 97.8 Å². The highest BCUT2D eigenvalue weighted by atomic mass is 16.5. The van der Waals surface area contributed by atoms with E-state index in [4.69, 9.17) is 15.4 Å². The molecule has 2 rings (SSSR count). The molecule has 5 nitrogen and oxygen atoms in total. The maximum Gasteiger partial charge on any atom is 0.320 e. The molecule has 0 saturated heterocycles. The Morgan fingerprint density at radius 1 is 1.35 bits per heavy atom. The van der Waals surface area contributed by atoms with Gasteiger partial charge in [-0.3, -0.25) is 4.79 Å². The topological polar surface area (TPSA) is 89.4 Å². The number of nitrogens with zero attached hydrogens (tertiary/aromatic N) is 1. The van der Waals surface area contributed by atoms with Crippen molar-refractivity contribution in [3.63, 3.8) is 0 Å². The van der Waals surface area contributed by atoms with E-state index in [9.17, 15) is 4.79 Å². The SMILES string of the molecule is NC(Cc1ccc(-c2ccno2)cc1)C(=O)O. The summed E-state index contributed by atoms with van der Waals surface area (Å²) in [5.74, 6) is -0.316. The first-order valence-electron chi connectivity index (χ1n) is 5.15. The average molecular weight is 232 g/mol.